The monoisotopic (exact) mass is 350 g/mol. The summed E-state index contributed by atoms with van der Waals surface area (Å²) < 4.78 is 11.0. The second-order valence-corrected chi connectivity index (χ2v) is 6.45. The number of nitrogens with zero attached hydrogens (tertiary/aromatic N) is 2. The van der Waals surface area contributed by atoms with E-state index in [1.165, 1.54) is 18.0 Å². The number of methoxy groups -OCH3 is 1. The summed E-state index contributed by atoms with van der Waals surface area (Å²) in [6.45, 7) is 0. The highest BCUT2D eigenvalue weighted by Gasteiger charge is 2.38. The van der Waals surface area contributed by atoms with Crippen molar-refractivity contribution >= 4 is 11.8 Å². The van der Waals surface area contributed by atoms with E-state index in [4.69, 9.17) is 9.47 Å². The summed E-state index contributed by atoms with van der Waals surface area (Å²) in [5.74, 6) is 1.42. The Labute approximate surface area is 143 Å². The minimum atomic E-state index is -1.22. The lowest BCUT2D eigenvalue weighted by Crippen LogP contribution is -2.50. The molecule has 4 atom stereocenters. The number of hydrogen-bond donors (Lipinski definition) is 3. The Hall–Kier alpha value is -1.87. The molecule has 0 aromatic carbocycles. The minimum absolute atomic E-state index is 0.293. The predicted octanol–water partition coefficient (Wildman–Crippen LogP) is 0.687. The Morgan fingerprint density at radius 1 is 1.12 bits per heavy atom. The van der Waals surface area contributed by atoms with Gasteiger partial charge in [0.1, 0.15) is 23.7 Å². The van der Waals surface area contributed by atoms with Gasteiger partial charge in [0.2, 0.25) is 0 Å². The molecule has 3 N–H and O–H groups in total. The molecule has 3 heterocycles. The van der Waals surface area contributed by atoms with E-state index in [9.17, 15) is 15.3 Å². The van der Waals surface area contributed by atoms with Gasteiger partial charge < -0.3 is 24.8 Å². The van der Waals surface area contributed by atoms with Crippen LogP contribution >= 0.6 is 11.8 Å². The quantitative estimate of drug-likeness (QED) is 0.740. The van der Waals surface area contributed by atoms with Gasteiger partial charge in [0, 0.05) is 18.1 Å². The summed E-state index contributed by atoms with van der Waals surface area (Å²) in [7, 11) is 1.58. The third kappa shape index (κ3) is 3.46. The molecule has 2 aromatic rings. The maximum absolute atomic E-state index is 9.97. The number of aliphatic hydroxyl groups excluding tert-OH is 3. The lowest BCUT2D eigenvalue weighted by atomic mass is 10.1. The van der Waals surface area contributed by atoms with Crippen LogP contribution in [0.3, 0.4) is 0 Å². The van der Waals surface area contributed by atoms with Crippen molar-refractivity contribution in [3.8, 4) is 22.8 Å². The molecule has 7 nitrogen and oxygen atoms in total. The number of pyridine rings is 2. The molecule has 2 aromatic heterocycles. The Morgan fingerprint density at radius 2 is 1.96 bits per heavy atom. The Kier molecular flexibility index (Phi) is 5.20. The van der Waals surface area contributed by atoms with Crippen LogP contribution in [0.2, 0.25) is 0 Å². The highest BCUT2D eigenvalue weighted by molar-refractivity contribution is 7.99. The highest BCUT2D eigenvalue weighted by atomic mass is 32.2. The molecule has 8 heteroatoms. The molecule has 24 heavy (non-hydrogen) atoms. The summed E-state index contributed by atoms with van der Waals surface area (Å²) in [5, 5.41) is 29.2. The SMILES string of the molecule is COc1ccncc1-c1ccc(O[C@H]2SC[C@@H](O)[C@H](O)[C@H]2O)cn1. The van der Waals surface area contributed by atoms with E-state index in [1.54, 1.807) is 37.7 Å². The second-order valence-electron chi connectivity index (χ2n) is 5.32. The molecule has 0 bridgehead atoms. The van der Waals surface area contributed by atoms with Crippen LogP contribution in [0.4, 0.5) is 0 Å². The summed E-state index contributed by atoms with van der Waals surface area (Å²) in [4.78, 5) is 8.41. The fraction of sp³-hybridized carbons (Fsp3) is 0.375. The molecule has 0 amide bonds. The van der Waals surface area contributed by atoms with Gasteiger partial charge >= 0.3 is 0 Å². The highest BCUT2D eigenvalue weighted by Crippen LogP contribution is 2.31. The van der Waals surface area contributed by atoms with Crippen molar-refractivity contribution in [2.75, 3.05) is 12.9 Å². The van der Waals surface area contributed by atoms with Crippen LogP contribution in [0.15, 0.2) is 36.8 Å². The van der Waals surface area contributed by atoms with E-state index in [2.05, 4.69) is 9.97 Å². The zero-order chi connectivity index (χ0) is 17.1. The summed E-state index contributed by atoms with van der Waals surface area (Å²) >= 11 is 1.24. The van der Waals surface area contributed by atoms with Crippen molar-refractivity contribution in [3.05, 3.63) is 36.8 Å². The van der Waals surface area contributed by atoms with Crippen molar-refractivity contribution in [2.45, 2.75) is 23.7 Å². The molecule has 0 spiro atoms. The van der Waals surface area contributed by atoms with Crippen LogP contribution in [0.25, 0.3) is 11.3 Å². The first kappa shape index (κ1) is 17.0. The molecule has 3 rings (SSSR count). The van der Waals surface area contributed by atoms with Crippen LogP contribution in [-0.4, -0.2) is 61.9 Å². The average Bonchev–Trinajstić information content (AvgIpc) is 2.63. The lowest BCUT2D eigenvalue weighted by Gasteiger charge is -2.34. The van der Waals surface area contributed by atoms with Gasteiger partial charge in [-0.1, -0.05) is 0 Å². The van der Waals surface area contributed by atoms with Crippen molar-refractivity contribution in [2.24, 2.45) is 0 Å². The van der Waals surface area contributed by atoms with Gasteiger partial charge in [-0.25, -0.2) is 0 Å². The molecule has 1 saturated heterocycles. The standard InChI is InChI=1S/C16H18N2O5S/c1-22-13-4-5-17-7-10(13)11-3-2-9(6-18-11)23-16-15(21)14(20)12(19)8-24-16/h2-7,12,14-16,19-21H,8H2,1H3/t12-,14+,15-,16+/m1/s1. The third-order valence-electron chi connectivity index (χ3n) is 3.72. The lowest BCUT2D eigenvalue weighted by molar-refractivity contribution is -0.0786. The van der Waals surface area contributed by atoms with Gasteiger partial charge in [-0.05, 0) is 18.2 Å². The van der Waals surface area contributed by atoms with Crippen LogP contribution in [0.5, 0.6) is 11.5 Å². The molecular weight excluding hydrogens is 332 g/mol. The zero-order valence-electron chi connectivity index (χ0n) is 12.9. The van der Waals surface area contributed by atoms with Gasteiger partial charge in [-0.15, -0.1) is 11.8 Å². The fourth-order valence-corrected chi connectivity index (χ4v) is 3.50. The van der Waals surface area contributed by atoms with Crippen LogP contribution in [0, 0.1) is 0 Å². The second kappa shape index (κ2) is 7.35. The first-order valence-corrected chi connectivity index (χ1v) is 8.42. The topological polar surface area (TPSA) is 105 Å². The molecule has 128 valence electrons. The Balaban J connectivity index is 1.73. The van der Waals surface area contributed by atoms with Gasteiger partial charge in [-0.2, -0.15) is 0 Å². The molecular formula is C16H18N2O5S. The van der Waals surface area contributed by atoms with E-state index in [0.717, 1.165) is 5.56 Å². The van der Waals surface area contributed by atoms with E-state index in [-0.39, 0.29) is 0 Å². The number of ether oxygens (including phenoxy) is 2. The minimum Gasteiger partial charge on any atom is -0.496 e. The molecule has 1 aliphatic heterocycles. The van der Waals surface area contributed by atoms with E-state index >= 15 is 0 Å². The zero-order valence-corrected chi connectivity index (χ0v) is 13.8. The molecule has 1 fully saturated rings. The third-order valence-corrected chi connectivity index (χ3v) is 4.96. The van der Waals surface area contributed by atoms with Crippen molar-refractivity contribution < 1.29 is 24.8 Å². The van der Waals surface area contributed by atoms with E-state index in [1.807, 2.05) is 0 Å². The Morgan fingerprint density at radius 3 is 2.67 bits per heavy atom. The number of thioether (sulfide) groups is 1. The number of aromatic nitrogens is 2. The maximum atomic E-state index is 9.97. The Bertz CT molecular complexity index is 684. The summed E-state index contributed by atoms with van der Waals surface area (Å²) in [6, 6.07) is 5.24. The average molecular weight is 350 g/mol. The molecule has 1 aliphatic rings. The molecule has 0 aliphatic carbocycles. The van der Waals surface area contributed by atoms with Gasteiger partial charge in [0.25, 0.3) is 0 Å². The van der Waals surface area contributed by atoms with Crippen molar-refractivity contribution in [1.82, 2.24) is 9.97 Å². The normalized spacial score (nSPS) is 26.8. The van der Waals surface area contributed by atoms with Crippen LogP contribution in [-0.2, 0) is 0 Å². The largest absolute Gasteiger partial charge is 0.496 e. The van der Waals surface area contributed by atoms with Crippen LogP contribution in [0.1, 0.15) is 0 Å². The maximum Gasteiger partial charge on any atom is 0.173 e. The van der Waals surface area contributed by atoms with E-state index < -0.39 is 23.7 Å². The van der Waals surface area contributed by atoms with Gasteiger partial charge in [-0.3, -0.25) is 9.97 Å². The smallest absolute Gasteiger partial charge is 0.173 e. The van der Waals surface area contributed by atoms with Gasteiger partial charge in [0.05, 0.1) is 30.7 Å². The summed E-state index contributed by atoms with van der Waals surface area (Å²) in [5.41, 5.74) is 0.778. The number of hydrogen-bond acceptors (Lipinski definition) is 8. The predicted molar refractivity (Wildman–Crippen MR) is 88.9 cm³/mol. The molecule has 0 unspecified atom stereocenters. The molecule has 0 saturated carbocycles. The first-order chi connectivity index (χ1) is 11.6. The van der Waals surface area contributed by atoms with E-state index in [0.29, 0.717) is 22.9 Å². The first-order valence-electron chi connectivity index (χ1n) is 7.37. The number of rotatable bonds is 4. The number of aliphatic hydroxyl groups is 3. The summed E-state index contributed by atoms with van der Waals surface area (Å²) in [6.07, 6.45) is 1.50. The van der Waals surface area contributed by atoms with Crippen LogP contribution < -0.4 is 9.47 Å². The fourth-order valence-electron chi connectivity index (χ4n) is 2.38. The molecule has 0 radical (unpaired) electrons. The van der Waals surface area contributed by atoms with Crippen molar-refractivity contribution in [3.63, 3.8) is 0 Å². The van der Waals surface area contributed by atoms with Gasteiger partial charge in [0.15, 0.2) is 5.44 Å². The van der Waals surface area contributed by atoms with Crippen molar-refractivity contribution in [1.29, 1.82) is 0 Å².